The third-order valence-electron chi connectivity index (χ3n) is 3.90. The van der Waals surface area contributed by atoms with Gasteiger partial charge in [0.2, 0.25) is 0 Å². The molecule has 1 aliphatic rings. The number of hydrogen-bond donors (Lipinski definition) is 0. The molecular formula is C15H18ClF3. The molecule has 1 aromatic carbocycles. The SMILES string of the molecule is Fc1cc(F)c(C(Cl)C2CCCCCCC2)cc1F. The molecule has 2 rings (SSSR count). The van der Waals surface area contributed by atoms with E-state index in [9.17, 15) is 13.2 Å². The lowest BCUT2D eigenvalue weighted by Gasteiger charge is -2.25. The maximum Gasteiger partial charge on any atom is 0.161 e. The van der Waals surface area contributed by atoms with Gasteiger partial charge in [0.25, 0.3) is 0 Å². The number of rotatable bonds is 2. The standard InChI is InChI=1S/C15H18ClF3/c16-15(10-6-4-2-1-3-5-7-10)11-8-13(18)14(19)9-12(11)17/h8-10,15H,1-7H2. The van der Waals surface area contributed by atoms with E-state index in [0.717, 1.165) is 31.7 Å². The molecule has 19 heavy (non-hydrogen) atoms. The summed E-state index contributed by atoms with van der Waals surface area (Å²) in [6, 6.07) is 1.49. The summed E-state index contributed by atoms with van der Waals surface area (Å²) in [7, 11) is 0. The predicted octanol–water partition coefficient (Wildman–Crippen LogP) is 5.74. The first-order valence-corrected chi connectivity index (χ1v) is 7.31. The van der Waals surface area contributed by atoms with Crippen molar-refractivity contribution in [3.63, 3.8) is 0 Å². The average Bonchev–Trinajstić information content (AvgIpc) is 2.32. The van der Waals surface area contributed by atoms with Gasteiger partial charge in [-0.1, -0.05) is 32.1 Å². The van der Waals surface area contributed by atoms with Crippen LogP contribution in [0.5, 0.6) is 0 Å². The fraction of sp³-hybridized carbons (Fsp3) is 0.600. The topological polar surface area (TPSA) is 0 Å². The molecule has 4 heteroatoms. The molecule has 0 saturated heterocycles. The predicted molar refractivity (Wildman–Crippen MR) is 70.7 cm³/mol. The van der Waals surface area contributed by atoms with Crippen LogP contribution in [0.25, 0.3) is 0 Å². The van der Waals surface area contributed by atoms with Gasteiger partial charge in [0, 0.05) is 11.6 Å². The Morgan fingerprint density at radius 1 is 0.842 bits per heavy atom. The number of benzene rings is 1. The molecule has 0 N–H and O–H groups in total. The Balaban J connectivity index is 2.17. The lowest BCUT2D eigenvalue weighted by atomic mass is 9.86. The molecule has 1 aliphatic carbocycles. The van der Waals surface area contributed by atoms with Gasteiger partial charge >= 0.3 is 0 Å². The molecule has 0 spiro atoms. The fourth-order valence-electron chi connectivity index (χ4n) is 2.78. The smallest absolute Gasteiger partial charge is 0.161 e. The van der Waals surface area contributed by atoms with Crippen LogP contribution in [0.2, 0.25) is 0 Å². The van der Waals surface area contributed by atoms with Crippen LogP contribution in [-0.2, 0) is 0 Å². The van der Waals surface area contributed by atoms with E-state index >= 15 is 0 Å². The zero-order chi connectivity index (χ0) is 13.8. The summed E-state index contributed by atoms with van der Waals surface area (Å²) in [5.74, 6) is -2.81. The molecule has 1 saturated carbocycles. The Kier molecular flexibility index (Phi) is 5.14. The van der Waals surface area contributed by atoms with Crippen molar-refractivity contribution >= 4 is 11.6 Å². The highest BCUT2D eigenvalue weighted by Gasteiger charge is 2.25. The maximum atomic E-state index is 13.7. The molecule has 1 atom stereocenters. The Bertz CT molecular complexity index is 426. The summed E-state index contributed by atoms with van der Waals surface area (Å²) < 4.78 is 39.9. The number of alkyl halides is 1. The maximum absolute atomic E-state index is 13.7. The summed E-state index contributed by atoms with van der Waals surface area (Å²) >= 11 is 6.31. The minimum Gasteiger partial charge on any atom is -0.207 e. The van der Waals surface area contributed by atoms with Crippen LogP contribution in [0.4, 0.5) is 13.2 Å². The van der Waals surface area contributed by atoms with E-state index in [1.54, 1.807) is 0 Å². The molecule has 0 bridgehead atoms. The molecule has 1 fully saturated rings. The molecule has 0 heterocycles. The van der Waals surface area contributed by atoms with Gasteiger partial charge in [-0.15, -0.1) is 11.6 Å². The Morgan fingerprint density at radius 3 is 2.00 bits per heavy atom. The fourth-order valence-corrected chi connectivity index (χ4v) is 3.20. The van der Waals surface area contributed by atoms with Gasteiger partial charge in [0.1, 0.15) is 5.82 Å². The van der Waals surface area contributed by atoms with Crippen molar-refractivity contribution in [2.24, 2.45) is 5.92 Å². The summed E-state index contributed by atoms with van der Waals surface area (Å²) in [6.45, 7) is 0. The molecule has 1 unspecified atom stereocenters. The van der Waals surface area contributed by atoms with E-state index < -0.39 is 22.8 Å². The van der Waals surface area contributed by atoms with Crippen molar-refractivity contribution in [3.05, 3.63) is 35.1 Å². The van der Waals surface area contributed by atoms with Gasteiger partial charge in [-0.25, -0.2) is 13.2 Å². The molecule has 0 aromatic heterocycles. The van der Waals surface area contributed by atoms with E-state index in [1.165, 1.54) is 19.3 Å². The lowest BCUT2D eigenvalue weighted by Crippen LogP contribution is -2.12. The van der Waals surface area contributed by atoms with Crippen LogP contribution in [0, 0.1) is 23.4 Å². The van der Waals surface area contributed by atoms with Gasteiger partial charge in [-0.2, -0.15) is 0 Å². The van der Waals surface area contributed by atoms with E-state index in [1.807, 2.05) is 0 Å². The van der Waals surface area contributed by atoms with E-state index in [-0.39, 0.29) is 11.5 Å². The van der Waals surface area contributed by atoms with Crippen LogP contribution in [-0.4, -0.2) is 0 Å². The van der Waals surface area contributed by atoms with E-state index in [0.29, 0.717) is 6.07 Å². The Hall–Kier alpha value is -0.700. The van der Waals surface area contributed by atoms with E-state index in [2.05, 4.69) is 0 Å². The highest BCUT2D eigenvalue weighted by molar-refractivity contribution is 6.21. The van der Waals surface area contributed by atoms with Gasteiger partial charge in [-0.3, -0.25) is 0 Å². The third-order valence-corrected chi connectivity index (χ3v) is 4.49. The van der Waals surface area contributed by atoms with Crippen LogP contribution >= 0.6 is 11.6 Å². The minimum atomic E-state index is -1.16. The van der Waals surface area contributed by atoms with Crippen molar-refractivity contribution < 1.29 is 13.2 Å². The van der Waals surface area contributed by atoms with Gasteiger partial charge in [-0.05, 0) is 24.8 Å². The second-order valence-corrected chi connectivity index (χ2v) is 5.76. The second-order valence-electron chi connectivity index (χ2n) is 5.29. The summed E-state index contributed by atoms with van der Waals surface area (Å²) in [4.78, 5) is 0. The summed E-state index contributed by atoms with van der Waals surface area (Å²) in [5.41, 5.74) is 0.0890. The first kappa shape index (κ1) is 14.7. The largest absolute Gasteiger partial charge is 0.207 e. The monoisotopic (exact) mass is 290 g/mol. The zero-order valence-electron chi connectivity index (χ0n) is 10.8. The molecule has 0 nitrogen and oxygen atoms in total. The van der Waals surface area contributed by atoms with Crippen molar-refractivity contribution in [1.29, 1.82) is 0 Å². The Labute approximate surface area is 117 Å². The van der Waals surface area contributed by atoms with Crippen molar-refractivity contribution in [2.75, 3.05) is 0 Å². The molecule has 106 valence electrons. The van der Waals surface area contributed by atoms with Crippen LogP contribution in [0.1, 0.15) is 55.9 Å². The van der Waals surface area contributed by atoms with Crippen molar-refractivity contribution in [2.45, 2.75) is 50.3 Å². The first-order valence-electron chi connectivity index (χ1n) is 6.88. The average molecular weight is 291 g/mol. The number of halogens is 4. The van der Waals surface area contributed by atoms with Crippen molar-refractivity contribution in [3.8, 4) is 0 Å². The molecule has 0 amide bonds. The van der Waals surface area contributed by atoms with Crippen LogP contribution < -0.4 is 0 Å². The third kappa shape index (κ3) is 3.65. The highest BCUT2D eigenvalue weighted by atomic mass is 35.5. The summed E-state index contributed by atoms with van der Waals surface area (Å²) in [5, 5.41) is -0.576. The quantitative estimate of drug-likeness (QED) is 0.481. The van der Waals surface area contributed by atoms with Gasteiger partial charge < -0.3 is 0 Å². The lowest BCUT2D eigenvalue weighted by molar-refractivity contribution is 0.362. The van der Waals surface area contributed by atoms with Crippen molar-refractivity contribution in [1.82, 2.24) is 0 Å². The molecule has 1 aromatic rings. The van der Waals surface area contributed by atoms with Crippen LogP contribution in [0.3, 0.4) is 0 Å². The van der Waals surface area contributed by atoms with Gasteiger partial charge in [0.05, 0.1) is 5.38 Å². The van der Waals surface area contributed by atoms with Gasteiger partial charge in [0.15, 0.2) is 11.6 Å². The molecule has 0 radical (unpaired) electrons. The second kappa shape index (κ2) is 6.65. The highest BCUT2D eigenvalue weighted by Crippen LogP contribution is 2.38. The Morgan fingerprint density at radius 2 is 1.37 bits per heavy atom. The minimum absolute atomic E-state index is 0.0890. The normalized spacial score (nSPS) is 19.8. The molecular weight excluding hydrogens is 273 g/mol. The zero-order valence-corrected chi connectivity index (χ0v) is 11.5. The van der Waals surface area contributed by atoms with Crippen LogP contribution in [0.15, 0.2) is 12.1 Å². The van der Waals surface area contributed by atoms with E-state index in [4.69, 9.17) is 11.6 Å². The molecule has 0 aliphatic heterocycles. The number of hydrogen-bond acceptors (Lipinski definition) is 0. The summed E-state index contributed by atoms with van der Waals surface area (Å²) in [6.07, 6.45) is 7.55. The first-order chi connectivity index (χ1) is 9.09.